The summed E-state index contributed by atoms with van der Waals surface area (Å²) in [6.45, 7) is 9.80. The SMILES string of the molecule is CC(=O)[C@]12C(O[Si](C)(C)C)C=CC[C@@H]1C[C@H]1[C@@H]2CCC12OCCO2. The molecule has 134 valence electrons. The lowest BCUT2D eigenvalue weighted by Gasteiger charge is -2.47. The van der Waals surface area contributed by atoms with E-state index in [1.165, 1.54) is 0 Å². The summed E-state index contributed by atoms with van der Waals surface area (Å²) in [6.07, 6.45) is 8.29. The van der Waals surface area contributed by atoms with Crippen LogP contribution in [0.15, 0.2) is 12.2 Å². The summed E-state index contributed by atoms with van der Waals surface area (Å²) in [7, 11) is -1.75. The molecule has 4 rings (SSSR count). The van der Waals surface area contributed by atoms with Crippen molar-refractivity contribution in [3.8, 4) is 0 Å². The Kier molecular flexibility index (Phi) is 3.88. The molecule has 3 aliphatic carbocycles. The molecule has 5 atom stereocenters. The molecule has 1 unspecified atom stereocenters. The van der Waals surface area contributed by atoms with Gasteiger partial charge in [-0.25, -0.2) is 0 Å². The molecule has 4 aliphatic rings. The predicted octanol–water partition coefficient (Wildman–Crippen LogP) is 3.53. The van der Waals surface area contributed by atoms with Crippen LogP contribution in [0.4, 0.5) is 0 Å². The summed E-state index contributed by atoms with van der Waals surface area (Å²) < 4.78 is 18.8. The zero-order chi connectivity index (χ0) is 17.2. The van der Waals surface area contributed by atoms with Crippen LogP contribution >= 0.6 is 0 Å². The number of Topliss-reactive ketones (excluding diaryl/α,β-unsaturated/α-hetero) is 1. The van der Waals surface area contributed by atoms with Gasteiger partial charge >= 0.3 is 0 Å². The van der Waals surface area contributed by atoms with Gasteiger partial charge in [0.1, 0.15) is 5.78 Å². The summed E-state index contributed by atoms with van der Waals surface area (Å²) in [6, 6.07) is 0. The standard InChI is InChI=1S/C19H30O4Si/c1-13(20)19-14(6-5-7-17(19)23-24(2,3)4)12-16-15(19)8-9-18(16)21-10-11-22-18/h5,7,14-17H,6,8-12H2,1-4H3/t14-,15+,16+,17?,19+/m1/s1. The normalized spacial score (nSPS) is 43.2. The van der Waals surface area contributed by atoms with Crippen LogP contribution in [0.2, 0.25) is 19.6 Å². The molecule has 0 amide bonds. The van der Waals surface area contributed by atoms with Crippen molar-refractivity contribution in [3.63, 3.8) is 0 Å². The van der Waals surface area contributed by atoms with E-state index in [0.29, 0.717) is 36.8 Å². The van der Waals surface area contributed by atoms with E-state index in [9.17, 15) is 4.79 Å². The third-order valence-electron chi connectivity index (χ3n) is 6.75. The highest BCUT2D eigenvalue weighted by atomic mass is 28.4. The Hall–Kier alpha value is -0.493. The van der Waals surface area contributed by atoms with Gasteiger partial charge in [-0.15, -0.1) is 0 Å². The van der Waals surface area contributed by atoms with Crippen LogP contribution in [-0.2, 0) is 18.7 Å². The number of carbonyl (C=O) groups excluding carboxylic acids is 1. The molecular formula is C19H30O4Si. The second-order valence-corrected chi connectivity index (χ2v) is 13.5. The number of rotatable bonds is 3. The zero-order valence-electron chi connectivity index (χ0n) is 15.3. The molecule has 5 heteroatoms. The molecule has 1 saturated heterocycles. The molecule has 0 aromatic rings. The maximum absolute atomic E-state index is 13.1. The topological polar surface area (TPSA) is 44.8 Å². The number of hydrogen-bond donors (Lipinski definition) is 0. The lowest BCUT2D eigenvalue weighted by molar-refractivity contribution is -0.185. The van der Waals surface area contributed by atoms with Gasteiger partial charge in [-0.05, 0) is 57.7 Å². The van der Waals surface area contributed by atoms with Gasteiger partial charge in [0.25, 0.3) is 0 Å². The molecular weight excluding hydrogens is 320 g/mol. The molecule has 1 heterocycles. The second kappa shape index (κ2) is 5.50. The Labute approximate surface area is 146 Å². The van der Waals surface area contributed by atoms with Crippen molar-refractivity contribution in [1.82, 2.24) is 0 Å². The lowest BCUT2D eigenvalue weighted by atomic mass is 9.61. The third kappa shape index (κ3) is 2.24. The zero-order valence-corrected chi connectivity index (χ0v) is 16.3. The molecule has 0 aromatic carbocycles. The highest BCUT2D eigenvalue weighted by Crippen LogP contribution is 2.66. The highest BCUT2D eigenvalue weighted by Gasteiger charge is 2.69. The molecule has 1 spiro atoms. The summed E-state index contributed by atoms with van der Waals surface area (Å²) in [5, 5.41) is 0. The van der Waals surface area contributed by atoms with Crippen molar-refractivity contribution in [2.75, 3.05) is 13.2 Å². The molecule has 4 nitrogen and oxygen atoms in total. The largest absolute Gasteiger partial charge is 0.410 e. The van der Waals surface area contributed by atoms with E-state index in [0.717, 1.165) is 25.7 Å². The number of fused-ring (bicyclic) bond motifs is 4. The van der Waals surface area contributed by atoms with Gasteiger partial charge in [0.15, 0.2) is 14.1 Å². The van der Waals surface area contributed by atoms with Gasteiger partial charge in [0.05, 0.1) is 24.7 Å². The van der Waals surface area contributed by atoms with Crippen LogP contribution in [0.3, 0.4) is 0 Å². The van der Waals surface area contributed by atoms with E-state index in [2.05, 4.69) is 31.8 Å². The number of hydrogen-bond acceptors (Lipinski definition) is 4. The Balaban J connectivity index is 1.75. The minimum absolute atomic E-state index is 0.0769. The van der Waals surface area contributed by atoms with Gasteiger partial charge in [-0.1, -0.05) is 12.2 Å². The van der Waals surface area contributed by atoms with Crippen LogP contribution in [-0.4, -0.2) is 39.2 Å². The smallest absolute Gasteiger partial charge is 0.184 e. The number of ketones is 1. The maximum Gasteiger partial charge on any atom is 0.184 e. The van der Waals surface area contributed by atoms with Crippen molar-refractivity contribution < 1.29 is 18.7 Å². The molecule has 0 N–H and O–H groups in total. The number of carbonyl (C=O) groups is 1. The molecule has 2 saturated carbocycles. The van der Waals surface area contributed by atoms with Crippen LogP contribution in [0.25, 0.3) is 0 Å². The minimum atomic E-state index is -1.75. The van der Waals surface area contributed by atoms with E-state index in [1.54, 1.807) is 6.92 Å². The summed E-state index contributed by atoms with van der Waals surface area (Å²) in [5.74, 6) is 0.906. The van der Waals surface area contributed by atoms with Gasteiger partial charge in [-0.3, -0.25) is 4.79 Å². The monoisotopic (exact) mass is 350 g/mol. The van der Waals surface area contributed by atoms with Crippen molar-refractivity contribution in [2.45, 2.75) is 64.1 Å². The molecule has 24 heavy (non-hydrogen) atoms. The number of ether oxygens (including phenoxy) is 2. The second-order valence-electron chi connectivity index (χ2n) is 9.00. The molecule has 1 aliphatic heterocycles. The van der Waals surface area contributed by atoms with Crippen molar-refractivity contribution in [2.24, 2.45) is 23.2 Å². The van der Waals surface area contributed by atoms with E-state index in [4.69, 9.17) is 13.9 Å². The summed E-state index contributed by atoms with van der Waals surface area (Å²) in [5.41, 5.74) is -0.376. The number of allylic oxidation sites excluding steroid dienone is 1. The Morgan fingerprint density at radius 3 is 2.54 bits per heavy atom. The maximum atomic E-state index is 13.1. The predicted molar refractivity (Wildman–Crippen MR) is 94.0 cm³/mol. The fourth-order valence-electron chi connectivity index (χ4n) is 6.13. The van der Waals surface area contributed by atoms with E-state index >= 15 is 0 Å². The summed E-state index contributed by atoms with van der Waals surface area (Å²) in [4.78, 5) is 13.1. The van der Waals surface area contributed by atoms with Crippen LogP contribution < -0.4 is 0 Å². The Bertz CT molecular complexity index is 560. The lowest BCUT2D eigenvalue weighted by Crippen LogP contribution is -2.53. The van der Waals surface area contributed by atoms with Gasteiger partial charge in [-0.2, -0.15) is 0 Å². The van der Waals surface area contributed by atoms with Crippen molar-refractivity contribution in [3.05, 3.63) is 12.2 Å². The molecule has 3 fully saturated rings. The van der Waals surface area contributed by atoms with Crippen LogP contribution in [0.5, 0.6) is 0 Å². The first-order valence-corrected chi connectivity index (χ1v) is 12.8. The third-order valence-corrected chi connectivity index (χ3v) is 7.71. The van der Waals surface area contributed by atoms with Gasteiger partial charge < -0.3 is 13.9 Å². The van der Waals surface area contributed by atoms with Crippen molar-refractivity contribution >= 4 is 14.1 Å². The highest BCUT2D eigenvalue weighted by molar-refractivity contribution is 6.69. The molecule has 0 aromatic heterocycles. The Morgan fingerprint density at radius 2 is 1.92 bits per heavy atom. The van der Waals surface area contributed by atoms with E-state index < -0.39 is 14.1 Å². The fourth-order valence-corrected chi connectivity index (χ4v) is 7.16. The summed E-state index contributed by atoms with van der Waals surface area (Å²) >= 11 is 0. The average Bonchev–Trinajstić information content (AvgIpc) is 3.15. The average molecular weight is 351 g/mol. The minimum Gasteiger partial charge on any atom is -0.410 e. The van der Waals surface area contributed by atoms with Gasteiger partial charge in [0, 0.05) is 12.3 Å². The van der Waals surface area contributed by atoms with Crippen LogP contribution in [0.1, 0.15) is 32.6 Å². The van der Waals surface area contributed by atoms with E-state index in [1.807, 2.05) is 0 Å². The molecule has 0 radical (unpaired) electrons. The first-order chi connectivity index (χ1) is 11.3. The molecule has 0 bridgehead atoms. The quantitative estimate of drug-likeness (QED) is 0.577. The first kappa shape index (κ1) is 16.9. The van der Waals surface area contributed by atoms with E-state index in [-0.39, 0.29) is 11.5 Å². The first-order valence-electron chi connectivity index (χ1n) is 9.43. The van der Waals surface area contributed by atoms with Crippen LogP contribution in [0, 0.1) is 23.2 Å². The Morgan fingerprint density at radius 1 is 1.21 bits per heavy atom. The van der Waals surface area contributed by atoms with Gasteiger partial charge in [0.2, 0.25) is 0 Å². The van der Waals surface area contributed by atoms with Crippen molar-refractivity contribution in [1.29, 1.82) is 0 Å². The fraction of sp³-hybridized carbons (Fsp3) is 0.842.